The average Bonchev–Trinajstić information content (AvgIpc) is 3.32. The molecule has 1 N–H and O–H groups in total. The summed E-state index contributed by atoms with van der Waals surface area (Å²) in [7, 11) is -3.63. The van der Waals surface area contributed by atoms with Crippen LogP contribution in [0.2, 0.25) is 0 Å². The van der Waals surface area contributed by atoms with E-state index in [1.54, 1.807) is 41.7 Å². The maximum absolute atomic E-state index is 13.0. The van der Waals surface area contributed by atoms with Gasteiger partial charge in [-0.25, -0.2) is 18.4 Å². The van der Waals surface area contributed by atoms with Crippen LogP contribution in [-0.2, 0) is 10.0 Å². The topological polar surface area (TPSA) is 98.7 Å². The Balaban J connectivity index is 1.27. The summed E-state index contributed by atoms with van der Waals surface area (Å²) in [5.74, 6) is 1.99. The summed E-state index contributed by atoms with van der Waals surface area (Å²) in [5, 5.41) is 4.57. The van der Waals surface area contributed by atoms with E-state index in [4.69, 9.17) is 0 Å². The fourth-order valence-corrected chi connectivity index (χ4v) is 7.52. The first-order valence-electron chi connectivity index (χ1n) is 10.2. The molecule has 1 amide bonds. The van der Waals surface area contributed by atoms with Crippen molar-refractivity contribution in [2.24, 2.45) is 0 Å². The smallest absolute Gasteiger partial charge is 0.262 e. The number of piperazine rings is 1. The highest BCUT2D eigenvalue weighted by atomic mass is 32.2. The van der Waals surface area contributed by atoms with Crippen molar-refractivity contribution < 1.29 is 13.2 Å². The van der Waals surface area contributed by atoms with Gasteiger partial charge in [0.25, 0.3) is 5.91 Å². The maximum atomic E-state index is 13.0. The average molecular weight is 483 g/mol. The number of nitrogens with zero attached hydrogens (tertiary/aromatic N) is 5. The van der Waals surface area contributed by atoms with E-state index in [1.807, 2.05) is 0 Å². The molecule has 2 aliphatic heterocycles. The Morgan fingerprint density at radius 3 is 2.48 bits per heavy atom. The molecule has 0 saturated carbocycles. The molecule has 4 heterocycles. The third kappa shape index (κ3) is 5.37. The van der Waals surface area contributed by atoms with Crippen LogP contribution in [0.5, 0.6) is 0 Å². The molecule has 0 spiro atoms. The quantitative estimate of drug-likeness (QED) is 0.620. The summed E-state index contributed by atoms with van der Waals surface area (Å²) in [4.78, 5) is 26.1. The fraction of sp³-hybridized carbons (Fsp3) is 0.526. The van der Waals surface area contributed by atoms with Gasteiger partial charge in [-0.1, -0.05) is 0 Å². The molecule has 0 unspecified atom stereocenters. The molecular weight excluding hydrogens is 456 g/mol. The van der Waals surface area contributed by atoms with Crippen LogP contribution in [0.4, 0.5) is 5.95 Å². The Kier molecular flexibility index (Phi) is 7.43. The minimum atomic E-state index is -3.63. The number of hydrogen-bond acceptors (Lipinski definition) is 9. The lowest BCUT2D eigenvalue weighted by molar-refractivity contribution is 0.0948. The second-order valence-electron chi connectivity index (χ2n) is 7.26. The van der Waals surface area contributed by atoms with E-state index in [9.17, 15) is 13.2 Å². The number of aromatic nitrogens is 2. The van der Waals surface area contributed by atoms with Gasteiger partial charge in [0.05, 0.1) is 0 Å². The van der Waals surface area contributed by atoms with Crippen molar-refractivity contribution in [2.45, 2.75) is 4.90 Å². The molecule has 0 aromatic carbocycles. The number of nitrogens with one attached hydrogen (secondary N) is 1. The standard InChI is InChI=1S/C19H26N6O3S3/c26-18(17-16(2-13-30-17)31(27,28)25-11-14-29-15-12-25)20-5-6-23-7-9-24(10-8-23)19-21-3-1-4-22-19/h1-4,13H,5-12,14-15H2,(H,20,26). The molecule has 0 radical (unpaired) electrons. The Bertz CT molecular complexity index is 971. The number of anilines is 1. The molecule has 4 rings (SSSR count). The monoisotopic (exact) mass is 482 g/mol. The van der Waals surface area contributed by atoms with Gasteiger partial charge in [0.2, 0.25) is 16.0 Å². The Morgan fingerprint density at radius 2 is 1.77 bits per heavy atom. The van der Waals surface area contributed by atoms with Gasteiger partial charge in [0.15, 0.2) is 0 Å². The van der Waals surface area contributed by atoms with Crippen LogP contribution in [0.25, 0.3) is 0 Å². The van der Waals surface area contributed by atoms with Gasteiger partial charge in [-0.2, -0.15) is 16.1 Å². The van der Waals surface area contributed by atoms with Crippen LogP contribution in [0, 0.1) is 0 Å². The van der Waals surface area contributed by atoms with Crippen LogP contribution in [0.15, 0.2) is 34.8 Å². The number of carbonyl (C=O) groups excluding carboxylic acids is 1. The van der Waals surface area contributed by atoms with Crippen LogP contribution in [-0.4, -0.2) is 97.4 Å². The Morgan fingerprint density at radius 1 is 1.06 bits per heavy atom. The number of thioether (sulfide) groups is 1. The summed E-state index contributed by atoms with van der Waals surface area (Å²) >= 11 is 2.92. The third-order valence-corrected chi connectivity index (χ3v) is 9.27. The van der Waals surface area contributed by atoms with Crippen LogP contribution < -0.4 is 10.2 Å². The SMILES string of the molecule is O=C(NCCN1CCN(c2ncccn2)CC1)c1sccc1S(=O)(=O)N1CCSCC1. The second kappa shape index (κ2) is 10.3. The minimum Gasteiger partial charge on any atom is -0.350 e. The second-order valence-corrected chi connectivity index (χ2v) is 11.3. The van der Waals surface area contributed by atoms with Gasteiger partial charge in [-0.05, 0) is 17.5 Å². The predicted octanol–water partition coefficient (Wildman–Crippen LogP) is 0.828. The molecule has 0 bridgehead atoms. The zero-order valence-corrected chi connectivity index (χ0v) is 19.6. The first kappa shape index (κ1) is 22.5. The molecule has 0 atom stereocenters. The lowest BCUT2D eigenvalue weighted by atomic mass is 10.3. The van der Waals surface area contributed by atoms with Gasteiger partial charge in [0.1, 0.15) is 9.77 Å². The highest BCUT2D eigenvalue weighted by Crippen LogP contribution is 2.27. The van der Waals surface area contributed by atoms with E-state index in [2.05, 4.69) is 25.1 Å². The third-order valence-electron chi connectivity index (χ3n) is 5.34. The number of thiophene rings is 1. The molecule has 0 aliphatic carbocycles. The van der Waals surface area contributed by atoms with E-state index in [1.165, 1.54) is 15.6 Å². The fourth-order valence-electron chi connectivity index (χ4n) is 3.63. The largest absolute Gasteiger partial charge is 0.350 e. The molecule has 31 heavy (non-hydrogen) atoms. The number of carbonyl (C=O) groups is 1. The molecule has 2 aliphatic rings. The number of hydrogen-bond donors (Lipinski definition) is 1. The van der Waals surface area contributed by atoms with Gasteiger partial charge in [-0.15, -0.1) is 11.3 Å². The van der Waals surface area contributed by atoms with Gasteiger partial charge >= 0.3 is 0 Å². The van der Waals surface area contributed by atoms with Crippen molar-refractivity contribution in [3.63, 3.8) is 0 Å². The van der Waals surface area contributed by atoms with Crippen LogP contribution in [0.3, 0.4) is 0 Å². The predicted molar refractivity (Wildman–Crippen MR) is 123 cm³/mol. The van der Waals surface area contributed by atoms with Crippen LogP contribution >= 0.6 is 23.1 Å². The molecule has 2 saturated heterocycles. The van der Waals surface area contributed by atoms with E-state index in [0.717, 1.165) is 43.6 Å². The molecular formula is C19H26N6O3S3. The molecule has 2 fully saturated rings. The van der Waals surface area contributed by atoms with Gasteiger partial charge < -0.3 is 10.2 Å². The molecule has 12 heteroatoms. The first-order chi connectivity index (χ1) is 15.1. The van der Waals surface area contributed by atoms with Crippen molar-refractivity contribution in [2.75, 3.05) is 68.8 Å². The zero-order valence-electron chi connectivity index (χ0n) is 17.1. The zero-order chi connectivity index (χ0) is 21.7. The Labute approximate surface area is 190 Å². The minimum absolute atomic E-state index is 0.123. The lowest BCUT2D eigenvalue weighted by Crippen LogP contribution is -2.49. The molecule has 2 aromatic rings. The molecule has 9 nitrogen and oxygen atoms in total. The van der Waals surface area contributed by atoms with E-state index >= 15 is 0 Å². The Hall–Kier alpha value is -1.73. The summed E-state index contributed by atoms with van der Waals surface area (Å²) in [6.07, 6.45) is 3.49. The summed E-state index contributed by atoms with van der Waals surface area (Å²) < 4.78 is 27.4. The first-order valence-corrected chi connectivity index (χ1v) is 13.7. The highest BCUT2D eigenvalue weighted by molar-refractivity contribution is 7.99. The van der Waals surface area contributed by atoms with E-state index < -0.39 is 10.0 Å². The van der Waals surface area contributed by atoms with Crippen molar-refractivity contribution in [1.82, 2.24) is 24.5 Å². The lowest BCUT2D eigenvalue weighted by Gasteiger charge is -2.34. The normalized spacial score (nSPS) is 18.8. The summed E-state index contributed by atoms with van der Waals surface area (Å²) in [6, 6.07) is 3.35. The molecule has 168 valence electrons. The van der Waals surface area contributed by atoms with Gasteiger partial charge in [0, 0.05) is 76.3 Å². The highest BCUT2D eigenvalue weighted by Gasteiger charge is 2.31. The van der Waals surface area contributed by atoms with Crippen molar-refractivity contribution in [3.8, 4) is 0 Å². The summed E-state index contributed by atoms with van der Waals surface area (Å²) in [6.45, 7) is 5.55. The van der Waals surface area contributed by atoms with Crippen molar-refractivity contribution >= 4 is 45.0 Å². The van der Waals surface area contributed by atoms with E-state index in [-0.39, 0.29) is 15.7 Å². The maximum Gasteiger partial charge on any atom is 0.262 e. The summed E-state index contributed by atoms with van der Waals surface area (Å²) in [5.41, 5.74) is 0. The van der Waals surface area contributed by atoms with E-state index in [0.29, 0.717) is 26.2 Å². The number of rotatable bonds is 7. The van der Waals surface area contributed by atoms with Crippen LogP contribution in [0.1, 0.15) is 9.67 Å². The van der Waals surface area contributed by atoms with Crippen molar-refractivity contribution in [3.05, 3.63) is 34.8 Å². The number of amides is 1. The molecule has 2 aromatic heterocycles. The van der Waals surface area contributed by atoms with Gasteiger partial charge in [-0.3, -0.25) is 9.69 Å². The van der Waals surface area contributed by atoms with Crippen molar-refractivity contribution in [1.29, 1.82) is 0 Å². The number of sulfonamides is 1.